The van der Waals surface area contributed by atoms with Gasteiger partial charge in [-0.2, -0.15) is 0 Å². The molecule has 1 spiro atoms. The van der Waals surface area contributed by atoms with E-state index in [9.17, 15) is 0 Å². The lowest BCUT2D eigenvalue weighted by Crippen LogP contribution is -2.49. The molecule has 2 saturated heterocycles. The van der Waals surface area contributed by atoms with Crippen LogP contribution in [0.1, 0.15) is 30.5 Å². The summed E-state index contributed by atoms with van der Waals surface area (Å²) in [5, 5.41) is 0. The SMILES string of the molecule is c1nc2c(c(N3CCCC4(C3)OCCO4)n1)CCC2. The summed E-state index contributed by atoms with van der Waals surface area (Å²) < 4.78 is 11.7. The maximum Gasteiger partial charge on any atom is 0.186 e. The molecule has 0 bridgehead atoms. The highest BCUT2D eigenvalue weighted by Crippen LogP contribution is 2.35. The first kappa shape index (κ1) is 11.6. The van der Waals surface area contributed by atoms with E-state index in [1.807, 2.05) is 0 Å². The first-order valence-corrected chi connectivity index (χ1v) is 7.22. The molecule has 1 aliphatic carbocycles. The van der Waals surface area contributed by atoms with Crippen LogP contribution in [0.5, 0.6) is 0 Å². The van der Waals surface area contributed by atoms with Gasteiger partial charge in [-0.15, -0.1) is 0 Å². The quantitative estimate of drug-likeness (QED) is 0.763. The van der Waals surface area contributed by atoms with E-state index in [4.69, 9.17) is 9.47 Å². The predicted octanol–water partition coefficient (Wildman–Crippen LogP) is 1.31. The van der Waals surface area contributed by atoms with Crippen molar-refractivity contribution < 1.29 is 9.47 Å². The van der Waals surface area contributed by atoms with Crippen molar-refractivity contribution in [3.63, 3.8) is 0 Å². The third kappa shape index (κ3) is 1.92. The Kier molecular flexibility index (Phi) is 2.70. The van der Waals surface area contributed by atoms with E-state index in [0.717, 1.165) is 57.8 Å². The zero-order valence-corrected chi connectivity index (χ0v) is 11.1. The molecule has 0 amide bonds. The lowest BCUT2D eigenvalue weighted by atomic mass is 10.0. The molecule has 2 fully saturated rings. The molecule has 2 aliphatic heterocycles. The number of nitrogens with zero attached hydrogens (tertiary/aromatic N) is 3. The van der Waals surface area contributed by atoms with Gasteiger partial charge in [0.2, 0.25) is 0 Å². The number of ether oxygens (including phenoxy) is 2. The average molecular weight is 261 g/mol. The van der Waals surface area contributed by atoms with E-state index >= 15 is 0 Å². The Morgan fingerprint density at radius 3 is 2.89 bits per heavy atom. The van der Waals surface area contributed by atoms with E-state index in [1.165, 1.54) is 17.7 Å². The largest absolute Gasteiger partial charge is 0.351 e. The third-order valence-corrected chi connectivity index (χ3v) is 4.38. The summed E-state index contributed by atoms with van der Waals surface area (Å²) in [6.07, 6.45) is 7.20. The van der Waals surface area contributed by atoms with Gasteiger partial charge in [0.05, 0.1) is 19.8 Å². The molecule has 19 heavy (non-hydrogen) atoms. The molecule has 102 valence electrons. The Morgan fingerprint density at radius 2 is 2.00 bits per heavy atom. The maximum atomic E-state index is 5.85. The van der Waals surface area contributed by atoms with Crippen molar-refractivity contribution in [2.45, 2.75) is 37.9 Å². The van der Waals surface area contributed by atoms with Crippen LogP contribution >= 0.6 is 0 Å². The molecule has 3 aliphatic rings. The fourth-order valence-electron chi connectivity index (χ4n) is 3.52. The summed E-state index contributed by atoms with van der Waals surface area (Å²) >= 11 is 0. The molecule has 0 radical (unpaired) electrons. The van der Waals surface area contributed by atoms with Gasteiger partial charge in [0, 0.05) is 24.2 Å². The van der Waals surface area contributed by atoms with E-state index in [1.54, 1.807) is 6.33 Å². The van der Waals surface area contributed by atoms with E-state index < -0.39 is 0 Å². The molecule has 1 aromatic rings. The van der Waals surface area contributed by atoms with Crippen molar-refractivity contribution >= 4 is 5.82 Å². The van der Waals surface area contributed by atoms with Crippen LogP contribution in [0.3, 0.4) is 0 Å². The summed E-state index contributed by atoms with van der Waals surface area (Å²) in [6, 6.07) is 0. The number of rotatable bonds is 1. The highest BCUT2D eigenvalue weighted by atomic mass is 16.7. The first-order valence-electron chi connectivity index (χ1n) is 7.22. The van der Waals surface area contributed by atoms with E-state index in [-0.39, 0.29) is 5.79 Å². The third-order valence-electron chi connectivity index (χ3n) is 4.38. The van der Waals surface area contributed by atoms with Gasteiger partial charge >= 0.3 is 0 Å². The predicted molar refractivity (Wildman–Crippen MR) is 70.1 cm³/mol. The second-order valence-corrected chi connectivity index (χ2v) is 5.61. The number of fused-ring (bicyclic) bond motifs is 1. The van der Waals surface area contributed by atoms with Crippen LogP contribution in [-0.4, -0.2) is 42.1 Å². The Balaban J connectivity index is 1.64. The summed E-state index contributed by atoms with van der Waals surface area (Å²) in [6.45, 7) is 3.28. The molecular weight excluding hydrogens is 242 g/mol. The van der Waals surface area contributed by atoms with Gasteiger partial charge in [0.1, 0.15) is 12.1 Å². The second kappa shape index (κ2) is 4.42. The standard InChI is InChI=1S/C14H19N3O2/c1-3-11-12(4-1)15-10-16-13(11)17-6-2-5-14(9-17)18-7-8-19-14/h10H,1-9H2. The van der Waals surface area contributed by atoms with E-state index in [2.05, 4.69) is 14.9 Å². The van der Waals surface area contributed by atoms with Crippen LogP contribution < -0.4 is 4.90 Å². The zero-order chi connectivity index (χ0) is 12.7. The zero-order valence-electron chi connectivity index (χ0n) is 11.1. The number of hydrogen-bond donors (Lipinski definition) is 0. The molecular formula is C14H19N3O2. The van der Waals surface area contributed by atoms with Crippen molar-refractivity contribution in [2.75, 3.05) is 31.2 Å². The Hall–Kier alpha value is -1.20. The molecule has 0 unspecified atom stereocenters. The molecule has 3 heterocycles. The lowest BCUT2D eigenvalue weighted by Gasteiger charge is -2.39. The first-order chi connectivity index (χ1) is 9.36. The van der Waals surface area contributed by atoms with Gasteiger partial charge in [0.25, 0.3) is 0 Å². The average Bonchev–Trinajstić information content (AvgIpc) is 3.07. The van der Waals surface area contributed by atoms with Crippen LogP contribution in [0.15, 0.2) is 6.33 Å². The number of piperidine rings is 1. The van der Waals surface area contributed by atoms with E-state index in [0.29, 0.717) is 0 Å². The van der Waals surface area contributed by atoms with Crippen LogP contribution in [-0.2, 0) is 22.3 Å². The molecule has 0 atom stereocenters. The van der Waals surface area contributed by atoms with Crippen LogP contribution in [0, 0.1) is 0 Å². The van der Waals surface area contributed by atoms with Crippen LogP contribution in [0.2, 0.25) is 0 Å². The molecule has 1 aromatic heterocycles. The summed E-state index contributed by atoms with van der Waals surface area (Å²) in [5.74, 6) is 0.731. The van der Waals surface area contributed by atoms with Crippen molar-refractivity contribution in [1.29, 1.82) is 0 Å². The fraction of sp³-hybridized carbons (Fsp3) is 0.714. The maximum absolute atomic E-state index is 5.85. The van der Waals surface area contributed by atoms with Crippen LogP contribution in [0.4, 0.5) is 5.82 Å². The minimum Gasteiger partial charge on any atom is -0.351 e. The van der Waals surface area contributed by atoms with Gasteiger partial charge in [0.15, 0.2) is 5.79 Å². The van der Waals surface area contributed by atoms with Crippen molar-refractivity contribution in [3.05, 3.63) is 17.6 Å². The van der Waals surface area contributed by atoms with Gasteiger partial charge in [-0.05, 0) is 25.7 Å². The fourth-order valence-corrected chi connectivity index (χ4v) is 3.52. The van der Waals surface area contributed by atoms with Crippen molar-refractivity contribution in [2.24, 2.45) is 0 Å². The van der Waals surface area contributed by atoms with Crippen molar-refractivity contribution in [3.8, 4) is 0 Å². The highest BCUT2D eigenvalue weighted by molar-refractivity contribution is 5.51. The Bertz CT molecular complexity index is 486. The topological polar surface area (TPSA) is 47.5 Å². The number of aryl methyl sites for hydroxylation is 1. The van der Waals surface area contributed by atoms with Gasteiger partial charge in [-0.1, -0.05) is 0 Å². The highest BCUT2D eigenvalue weighted by Gasteiger charge is 2.41. The Labute approximate surface area is 112 Å². The minimum atomic E-state index is -0.380. The van der Waals surface area contributed by atoms with Crippen LogP contribution in [0.25, 0.3) is 0 Å². The summed E-state index contributed by atoms with van der Waals surface area (Å²) in [5.41, 5.74) is 2.58. The van der Waals surface area contributed by atoms with Gasteiger partial charge in [-0.3, -0.25) is 0 Å². The molecule has 0 saturated carbocycles. The summed E-state index contributed by atoms with van der Waals surface area (Å²) in [4.78, 5) is 11.3. The molecule has 5 nitrogen and oxygen atoms in total. The number of aromatic nitrogens is 2. The second-order valence-electron chi connectivity index (χ2n) is 5.61. The molecule has 4 rings (SSSR count). The summed E-state index contributed by atoms with van der Waals surface area (Å²) in [7, 11) is 0. The Morgan fingerprint density at radius 1 is 1.11 bits per heavy atom. The smallest absolute Gasteiger partial charge is 0.186 e. The number of anilines is 1. The molecule has 0 N–H and O–H groups in total. The number of hydrogen-bond acceptors (Lipinski definition) is 5. The monoisotopic (exact) mass is 261 g/mol. The lowest BCUT2D eigenvalue weighted by molar-refractivity contribution is -0.161. The molecule has 5 heteroatoms. The normalized spacial score (nSPS) is 24.9. The van der Waals surface area contributed by atoms with Gasteiger partial charge in [-0.25, -0.2) is 9.97 Å². The molecule has 0 aromatic carbocycles. The minimum absolute atomic E-state index is 0.380. The van der Waals surface area contributed by atoms with Gasteiger partial charge < -0.3 is 14.4 Å². The van der Waals surface area contributed by atoms with Crippen molar-refractivity contribution in [1.82, 2.24) is 9.97 Å².